The number of ether oxygens (including phenoxy) is 1. The van der Waals surface area contributed by atoms with Gasteiger partial charge in [0.15, 0.2) is 0 Å². The van der Waals surface area contributed by atoms with Crippen LogP contribution in [0.25, 0.3) is 0 Å². The molecule has 6 heteroatoms. The van der Waals surface area contributed by atoms with Crippen molar-refractivity contribution >= 4 is 17.5 Å². The maximum atomic E-state index is 12.2. The standard InChI is InChI=1S/C21H25N3O3/c1-15(25)23-18-9-7-16(8-10-18)12-22-21(26)14-24(2)13-19-11-17-5-3-4-6-20(17)27-19/h3-10,19H,11-14H2,1-2H3,(H,22,26)(H,23,25)/t19-/m1/s1. The molecule has 0 unspecified atom stereocenters. The van der Waals surface area contributed by atoms with E-state index in [9.17, 15) is 9.59 Å². The molecule has 0 bridgehead atoms. The largest absolute Gasteiger partial charge is 0.488 e. The molecule has 0 spiro atoms. The van der Waals surface area contributed by atoms with Crippen molar-refractivity contribution in [2.75, 3.05) is 25.5 Å². The zero-order valence-corrected chi connectivity index (χ0v) is 15.7. The van der Waals surface area contributed by atoms with E-state index in [1.54, 1.807) is 0 Å². The van der Waals surface area contributed by atoms with Crippen LogP contribution in [0.15, 0.2) is 48.5 Å². The number of nitrogens with zero attached hydrogens (tertiary/aromatic N) is 1. The van der Waals surface area contributed by atoms with E-state index in [0.29, 0.717) is 19.6 Å². The van der Waals surface area contributed by atoms with E-state index >= 15 is 0 Å². The number of fused-ring (bicyclic) bond motifs is 1. The fourth-order valence-electron chi connectivity index (χ4n) is 3.18. The van der Waals surface area contributed by atoms with Gasteiger partial charge in [-0.2, -0.15) is 0 Å². The second kappa shape index (κ2) is 8.68. The molecule has 6 nitrogen and oxygen atoms in total. The van der Waals surface area contributed by atoms with Gasteiger partial charge in [-0.1, -0.05) is 30.3 Å². The highest BCUT2D eigenvalue weighted by atomic mass is 16.5. The molecule has 0 radical (unpaired) electrons. The van der Waals surface area contributed by atoms with Gasteiger partial charge in [0.05, 0.1) is 6.54 Å². The van der Waals surface area contributed by atoms with E-state index in [4.69, 9.17) is 4.74 Å². The number of nitrogens with one attached hydrogen (secondary N) is 2. The van der Waals surface area contributed by atoms with E-state index < -0.39 is 0 Å². The summed E-state index contributed by atoms with van der Waals surface area (Å²) in [5.74, 6) is 0.815. The highest BCUT2D eigenvalue weighted by molar-refractivity contribution is 5.88. The van der Waals surface area contributed by atoms with Gasteiger partial charge in [0, 0.05) is 32.1 Å². The van der Waals surface area contributed by atoms with E-state index in [-0.39, 0.29) is 17.9 Å². The number of amides is 2. The predicted molar refractivity (Wildman–Crippen MR) is 105 cm³/mol. The molecule has 0 saturated carbocycles. The fourth-order valence-corrected chi connectivity index (χ4v) is 3.18. The Kier molecular flexibility index (Phi) is 6.08. The van der Waals surface area contributed by atoms with Gasteiger partial charge in [-0.05, 0) is 36.4 Å². The molecule has 2 aromatic rings. The molecule has 0 aromatic heterocycles. The van der Waals surface area contributed by atoms with Crippen LogP contribution in [-0.2, 0) is 22.6 Å². The SMILES string of the molecule is CC(=O)Nc1ccc(CNC(=O)CN(C)C[C@H]2Cc3ccccc3O2)cc1. The van der Waals surface area contributed by atoms with Crippen LogP contribution < -0.4 is 15.4 Å². The summed E-state index contributed by atoms with van der Waals surface area (Å²) in [5, 5.41) is 5.64. The lowest BCUT2D eigenvalue weighted by atomic mass is 10.1. The summed E-state index contributed by atoms with van der Waals surface area (Å²) >= 11 is 0. The molecule has 142 valence electrons. The number of rotatable bonds is 7. The minimum Gasteiger partial charge on any atom is -0.488 e. The van der Waals surface area contributed by atoms with Gasteiger partial charge in [-0.25, -0.2) is 0 Å². The van der Waals surface area contributed by atoms with Crippen LogP contribution in [0, 0.1) is 0 Å². The summed E-state index contributed by atoms with van der Waals surface area (Å²) in [6.07, 6.45) is 0.962. The molecule has 3 rings (SSSR count). The number of anilines is 1. The molecule has 1 heterocycles. The summed E-state index contributed by atoms with van der Waals surface area (Å²) < 4.78 is 5.92. The second-order valence-electron chi connectivity index (χ2n) is 6.90. The van der Waals surface area contributed by atoms with Crippen molar-refractivity contribution in [3.8, 4) is 5.75 Å². The first kappa shape index (κ1) is 18.9. The van der Waals surface area contributed by atoms with Crippen molar-refractivity contribution in [3.05, 3.63) is 59.7 Å². The van der Waals surface area contributed by atoms with E-state index in [1.165, 1.54) is 12.5 Å². The average Bonchev–Trinajstić information content (AvgIpc) is 3.02. The Morgan fingerprint density at radius 1 is 1.15 bits per heavy atom. The fraction of sp³-hybridized carbons (Fsp3) is 0.333. The van der Waals surface area contributed by atoms with Crippen molar-refractivity contribution in [3.63, 3.8) is 0 Å². The molecule has 1 atom stereocenters. The third kappa shape index (κ3) is 5.56. The molecule has 0 saturated heterocycles. The molecule has 1 aliphatic heterocycles. The number of likely N-dealkylation sites (N-methyl/N-ethyl adjacent to an activating group) is 1. The van der Waals surface area contributed by atoms with Crippen molar-refractivity contribution in [2.45, 2.75) is 26.0 Å². The summed E-state index contributed by atoms with van der Waals surface area (Å²) in [6, 6.07) is 15.5. The lowest BCUT2D eigenvalue weighted by molar-refractivity contribution is -0.122. The van der Waals surface area contributed by atoms with E-state index in [1.807, 2.05) is 54.4 Å². The lowest BCUT2D eigenvalue weighted by Crippen LogP contribution is -2.39. The molecule has 27 heavy (non-hydrogen) atoms. The number of hydrogen-bond donors (Lipinski definition) is 2. The highest BCUT2D eigenvalue weighted by Gasteiger charge is 2.23. The summed E-state index contributed by atoms with van der Waals surface area (Å²) in [6.45, 7) is 2.95. The number of para-hydroxylation sites is 1. The van der Waals surface area contributed by atoms with E-state index in [0.717, 1.165) is 23.4 Å². The van der Waals surface area contributed by atoms with Gasteiger partial charge in [0.25, 0.3) is 0 Å². The first-order valence-corrected chi connectivity index (χ1v) is 9.06. The van der Waals surface area contributed by atoms with Crippen LogP contribution >= 0.6 is 0 Å². The Morgan fingerprint density at radius 3 is 2.59 bits per heavy atom. The Hall–Kier alpha value is -2.86. The van der Waals surface area contributed by atoms with Gasteiger partial charge in [-0.3, -0.25) is 14.5 Å². The Bertz CT molecular complexity index is 780. The van der Waals surface area contributed by atoms with Gasteiger partial charge < -0.3 is 15.4 Å². The molecule has 0 aliphatic carbocycles. The number of carbonyl (C=O) groups is 2. The van der Waals surface area contributed by atoms with Gasteiger partial charge in [-0.15, -0.1) is 0 Å². The maximum Gasteiger partial charge on any atom is 0.234 e. The molecule has 2 N–H and O–H groups in total. The van der Waals surface area contributed by atoms with Crippen LogP contribution in [0.1, 0.15) is 18.1 Å². The molecular weight excluding hydrogens is 342 g/mol. The minimum absolute atomic E-state index is 0.0288. The minimum atomic E-state index is -0.103. The van der Waals surface area contributed by atoms with Crippen LogP contribution in [0.5, 0.6) is 5.75 Å². The molecule has 2 aromatic carbocycles. The third-order valence-corrected chi connectivity index (χ3v) is 4.41. The maximum absolute atomic E-state index is 12.2. The number of benzene rings is 2. The van der Waals surface area contributed by atoms with Crippen LogP contribution in [0.3, 0.4) is 0 Å². The number of carbonyl (C=O) groups excluding carboxylic acids is 2. The molecular formula is C21H25N3O3. The summed E-state index contributed by atoms with van der Waals surface area (Å²) in [4.78, 5) is 25.2. The predicted octanol–water partition coefficient (Wildman–Crippen LogP) is 2.20. The van der Waals surface area contributed by atoms with Gasteiger partial charge in [0.1, 0.15) is 11.9 Å². The molecule has 2 amide bonds. The third-order valence-electron chi connectivity index (χ3n) is 4.41. The topological polar surface area (TPSA) is 70.7 Å². The van der Waals surface area contributed by atoms with Crippen LogP contribution in [0.2, 0.25) is 0 Å². The zero-order valence-electron chi connectivity index (χ0n) is 15.7. The summed E-state index contributed by atoms with van der Waals surface area (Å²) in [7, 11) is 1.92. The van der Waals surface area contributed by atoms with Crippen LogP contribution in [0.4, 0.5) is 5.69 Å². The van der Waals surface area contributed by atoms with Crippen molar-refractivity contribution in [2.24, 2.45) is 0 Å². The van der Waals surface area contributed by atoms with E-state index in [2.05, 4.69) is 16.7 Å². The Labute approximate surface area is 159 Å². The molecule has 0 fully saturated rings. The average molecular weight is 367 g/mol. The van der Waals surface area contributed by atoms with Crippen LogP contribution in [-0.4, -0.2) is 43.0 Å². The smallest absolute Gasteiger partial charge is 0.234 e. The van der Waals surface area contributed by atoms with Crippen molar-refractivity contribution in [1.29, 1.82) is 0 Å². The first-order valence-electron chi connectivity index (χ1n) is 9.06. The second-order valence-corrected chi connectivity index (χ2v) is 6.90. The Balaban J connectivity index is 1.39. The highest BCUT2D eigenvalue weighted by Crippen LogP contribution is 2.28. The number of hydrogen-bond acceptors (Lipinski definition) is 4. The van der Waals surface area contributed by atoms with Gasteiger partial charge >= 0.3 is 0 Å². The quantitative estimate of drug-likeness (QED) is 0.787. The monoisotopic (exact) mass is 367 g/mol. The first-order chi connectivity index (χ1) is 13.0. The van der Waals surface area contributed by atoms with Crippen molar-refractivity contribution in [1.82, 2.24) is 10.2 Å². The molecule has 1 aliphatic rings. The normalized spacial score (nSPS) is 15.1. The Morgan fingerprint density at radius 2 is 1.89 bits per heavy atom. The van der Waals surface area contributed by atoms with Gasteiger partial charge in [0.2, 0.25) is 11.8 Å². The zero-order chi connectivity index (χ0) is 19.2. The lowest BCUT2D eigenvalue weighted by Gasteiger charge is -2.20. The van der Waals surface area contributed by atoms with Crippen molar-refractivity contribution < 1.29 is 14.3 Å². The summed E-state index contributed by atoms with van der Waals surface area (Å²) in [5.41, 5.74) is 2.95.